The van der Waals surface area contributed by atoms with E-state index in [9.17, 15) is 9.18 Å². The molecule has 6 nitrogen and oxygen atoms in total. The highest BCUT2D eigenvalue weighted by Crippen LogP contribution is 2.48. The van der Waals surface area contributed by atoms with Crippen LogP contribution >= 0.6 is 0 Å². The van der Waals surface area contributed by atoms with Gasteiger partial charge in [0.1, 0.15) is 29.5 Å². The number of hydrogen-bond donors (Lipinski definition) is 0. The summed E-state index contributed by atoms with van der Waals surface area (Å²) in [6.45, 7) is 7.12. The number of halogens is 1. The molecular formula is C30H42FNO5. The van der Waals surface area contributed by atoms with Gasteiger partial charge in [0.15, 0.2) is 0 Å². The molecule has 1 aliphatic rings. The minimum absolute atomic E-state index is 0.0380. The Morgan fingerprint density at radius 1 is 1.08 bits per heavy atom. The highest BCUT2D eigenvalue weighted by molar-refractivity contribution is 5.71. The van der Waals surface area contributed by atoms with Crippen LogP contribution in [0.1, 0.15) is 56.2 Å². The van der Waals surface area contributed by atoms with Gasteiger partial charge in [-0.3, -0.25) is 0 Å². The monoisotopic (exact) mass is 515 g/mol. The van der Waals surface area contributed by atoms with E-state index in [4.69, 9.17) is 18.9 Å². The fraction of sp³-hybridized carbons (Fsp3) is 0.567. The maximum absolute atomic E-state index is 14.0. The molecule has 0 aliphatic heterocycles. The smallest absolute Gasteiger partial charge is 0.332 e. The van der Waals surface area contributed by atoms with Crippen molar-refractivity contribution < 1.29 is 28.1 Å². The standard InChI is InChI=1S/C30H42FNO5/c1-20(2)29-27-9-8-24(31)17-23(27)10-11-30(29,37-28(33)19-34-5)12-13-32(4)21(3)14-22-15-25(35-6)18-26(16-22)36-7/h8-9,15-18,20-21,29H,10-14,19H2,1-7H3/t21?,29-,30-/m0/s1. The quantitative estimate of drug-likeness (QED) is 0.352. The van der Waals surface area contributed by atoms with E-state index in [2.05, 4.69) is 32.7 Å². The average molecular weight is 516 g/mol. The second kappa shape index (κ2) is 12.7. The first kappa shape index (κ1) is 28.9. The molecule has 0 heterocycles. The molecule has 1 unspecified atom stereocenters. The summed E-state index contributed by atoms with van der Waals surface area (Å²) in [7, 11) is 6.90. The molecule has 1 aliphatic carbocycles. The molecular weight excluding hydrogens is 473 g/mol. The number of nitrogens with zero attached hydrogens (tertiary/aromatic N) is 1. The van der Waals surface area contributed by atoms with Gasteiger partial charge in [-0.05, 0) is 80.1 Å². The van der Waals surface area contributed by atoms with Gasteiger partial charge in [0, 0.05) is 38.1 Å². The van der Waals surface area contributed by atoms with Crippen LogP contribution in [0.15, 0.2) is 36.4 Å². The fourth-order valence-electron chi connectivity index (χ4n) is 5.73. The summed E-state index contributed by atoms with van der Waals surface area (Å²) < 4.78 is 36.2. The Morgan fingerprint density at radius 3 is 2.35 bits per heavy atom. The lowest BCUT2D eigenvalue weighted by atomic mass is 9.65. The Morgan fingerprint density at radius 2 is 1.76 bits per heavy atom. The van der Waals surface area contributed by atoms with E-state index in [1.54, 1.807) is 20.3 Å². The number of benzene rings is 2. The first-order valence-electron chi connectivity index (χ1n) is 13.0. The molecule has 0 saturated heterocycles. The molecule has 2 aromatic rings. The van der Waals surface area contributed by atoms with E-state index in [1.807, 2.05) is 24.3 Å². The second-order valence-corrected chi connectivity index (χ2v) is 10.5. The number of ether oxygens (including phenoxy) is 4. The summed E-state index contributed by atoms with van der Waals surface area (Å²) in [6.07, 6.45) is 2.80. The summed E-state index contributed by atoms with van der Waals surface area (Å²) in [5.74, 6) is 1.11. The van der Waals surface area contributed by atoms with E-state index in [0.717, 1.165) is 41.2 Å². The van der Waals surface area contributed by atoms with Gasteiger partial charge < -0.3 is 23.8 Å². The number of carbonyl (C=O) groups is 1. The summed E-state index contributed by atoms with van der Waals surface area (Å²) in [5, 5.41) is 0. The maximum Gasteiger partial charge on any atom is 0.332 e. The molecule has 2 aromatic carbocycles. The number of rotatable bonds is 12. The molecule has 0 amide bonds. The Labute approximate surface area is 221 Å². The van der Waals surface area contributed by atoms with Crippen molar-refractivity contribution in [3.8, 4) is 11.5 Å². The van der Waals surface area contributed by atoms with Crippen molar-refractivity contribution in [3.63, 3.8) is 0 Å². The van der Waals surface area contributed by atoms with Gasteiger partial charge in [-0.15, -0.1) is 0 Å². The van der Waals surface area contributed by atoms with Gasteiger partial charge >= 0.3 is 5.97 Å². The largest absolute Gasteiger partial charge is 0.497 e. The van der Waals surface area contributed by atoms with E-state index < -0.39 is 5.60 Å². The summed E-state index contributed by atoms with van der Waals surface area (Å²) in [6, 6.07) is 11.2. The maximum atomic E-state index is 14.0. The Kier molecular flexibility index (Phi) is 9.96. The van der Waals surface area contributed by atoms with Crippen LogP contribution in [-0.2, 0) is 27.1 Å². The molecule has 0 N–H and O–H groups in total. The van der Waals surface area contributed by atoms with Crippen molar-refractivity contribution in [1.29, 1.82) is 0 Å². The van der Waals surface area contributed by atoms with Crippen LogP contribution < -0.4 is 9.47 Å². The van der Waals surface area contributed by atoms with Crippen LogP contribution in [-0.4, -0.2) is 64.0 Å². The zero-order chi connectivity index (χ0) is 27.2. The molecule has 37 heavy (non-hydrogen) atoms. The number of likely N-dealkylation sites (N-methyl/N-ethyl adjacent to an activating group) is 1. The lowest BCUT2D eigenvalue weighted by molar-refractivity contribution is -0.172. The van der Waals surface area contributed by atoms with Crippen LogP contribution in [0.25, 0.3) is 0 Å². The predicted octanol–water partition coefficient (Wildman–Crippen LogP) is 5.41. The Hall–Kier alpha value is -2.64. The number of esters is 1. The van der Waals surface area contributed by atoms with E-state index in [0.29, 0.717) is 19.3 Å². The van der Waals surface area contributed by atoms with Crippen LogP contribution in [0, 0.1) is 11.7 Å². The van der Waals surface area contributed by atoms with Crippen molar-refractivity contribution >= 4 is 5.97 Å². The van der Waals surface area contributed by atoms with Crippen molar-refractivity contribution in [2.45, 2.75) is 64.0 Å². The second-order valence-electron chi connectivity index (χ2n) is 10.5. The van der Waals surface area contributed by atoms with Crippen molar-refractivity contribution in [2.75, 3.05) is 41.5 Å². The number of carbonyl (C=O) groups excluding carboxylic acids is 1. The van der Waals surface area contributed by atoms with Gasteiger partial charge in [0.05, 0.1) is 14.2 Å². The van der Waals surface area contributed by atoms with Gasteiger partial charge in [0.25, 0.3) is 0 Å². The summed E-state index contributed by atoms with van der Waals surface area (Å²) in [4.78, 5) is 15.0. The Bertz CT molecular complexity index is 1040. The molecule has 0 fully saturated rings. The van der Waals surface area contributed by atoms with Crippen LogP contribution in [0.5, 0.6) is 11.5 Å². The van der Waals surface area contributed by atoms with Crippen LogP contribution in [0.4, 0.5) is 4.39 Å². The van der Waals surface area contributed by atoms with Gasteiger partial charge in [-0.2, -0.15) is 0 Å². The number of hydrogen-bond acceptors (Lipinski definition) is 6. The van der Waals surface area contributed by atoms with Crippen molar-refractivity contribution in [2.24, 2.45) is 5.92 Å². The number of methoxy groups -OCH3 is 3. The normalized spacial score (nSPS) is 20.0. The van der Waals surface area contributed by atoms with Crippen LogP contribution in [0.3, 0.4) is 0 Å². The van der Waals surface area contributed by atoms with Crippen LogP contribution in [0.2, 0.25) is 0 Å². The highest BCUT2D eigenvalue weighted by Gasteiger charge is 2.47. The number of aryl methyl sites for hydroxylation is 1. The lowest BCUT2D eigenvalue weighted by Crippen LogP contribution is -2.49. The third kappa shape index (κ3) is 7.02. The average Bonchev–Trinajstić information content (AvgIpc) is 2.86. The molecule has 0 aromatic heterocycles. The molecule has 7 heteroatoms. The molecule has 204 valence electrons. The zero-order valence-corrected chi connectivity index (χ0v) is 23.3. The predicted molar refractivity (Wildman–Crippen MR) is 143 cm³/mol. The molecule has 0 bridgehead atoms. The first-order valence-corrected chi connectivity index (χ1v) is 13.0. The summed E-state index contributed by atoms with van der Waals surface area (Å²) in [5.41, 5.74) is 2.52. The van der Waals surface area contributed by atoms with Gasteiger partial charge in [-0.1, -0.05) is 19.9 Å². The highest BCUT2D eigenvalue weighted by atomic mass is 19.1. The van der Waals surface area contributed by atoms with Gasteiger partial charge in [0.2, 0.25) is 0 Å². The zero-order valence-electron chi connectivity index (χ0n) is 23.3. The fourth-order valence-corrected chi connectivity index (χ4v) is 5.73. The van der Waals surface area contributed by atoms with Crippen molar-refractivity contribution in [1.82, 2.24) is 4.90 Å². The third-order valence-corrected chi connectivity index (χ3v) is 7.65. The van der Waals surface area contributed by atoms with Gasteiger partial charge in [-0.25, -0.2) is 9.18 Å². The summed E-state index contributed by atoms with van der Waals surface area (Å²) >= 11 is 0. The third-order valence-electron chi connectivity index (χ3n) is 7.65. The molecule has 3 atom stereocenters. The SMILES string of the molecule is COCC(=O)O[C@]1(CCN(C)C(C)Cc2cc(OC)cc(OC)c2)CCc2cc(F)ccc2[C@@H]1C(C)C. The van der Waals surface area contributed by atoms with Crippen molar-refractivity contribution in [3.05, 3.63) is 58.9 Å². The molecule has 0 radical (unpaired) electrons. The topological polar surface area (TPSA) is 57.2 Å². The minimum atomic E-state index is -0.693. The molecule has 3 rings (SSSR count). The van der Waals surface area contributed by atoms with E-state index >= 15 is 0 Å². The Balaban J connectivity index is 1.83. The minimum Gasteiger partial charge on any atom is -0.497 e. The molecule has 0 saturated carbocycles. The molecule has 0 spiro atoms. The number of fused-ring (bicyclic) bond motifs is 1. The van der Waals surface area contributed by atoms with E-state index in [-0.39, 0.29) is 36.3 Å². The van der Waals surface area contributed by atoms with E-state index in [1.165, 1.54) is 13.2 Å². The lowest BCUT2D eigenvalue weighted by Gasteiger charge is -2.47. The first-order chi connectivity index (χ1) is 17.6.